The third kappa shape index (κ3) is 5.42. The summed E-state index contributed by atoms with van der Waals surface area (Å²) in [6.07, 6.45) is 1.68. The Bertz CT molecular complexity index is 488. The summed E-state index contributed by atoms with van der Waals surface area (Å²) < 4.78 is 12.2. The first-order valence-corrected chi connectivity index (χ1v) is 6.95. The van der Waals surface area contributed by atoms with Gasteiger partial charge in [-0.25, -0.2) is 0 Å². The first-order chi connectivity index (χ1) is 8.75. The lowest BCUT2D eigenvalue weighted by Gasteiger charge is -2.09. The fraction of sp³-hybridized carbons (Fsp3) is 0.286. The zero-order chi connectivity index (χ0) is 12.8. The standard InChI is InChI=1S/C14H16INO2.ClH/c1-11-9-12(15)4-5-14(11)18-8-6-16-10-13-3-2-7-17-13;/h2-5,7,9,16H,6,8,10H2,1H3;1H. The average molecular weight is 394 g/mol. The van der Waals surface area contributed by atoms with Crippen LogP contribution in [0.5, 0.6) is 5.75 Å². The molecule has 0 saturated heterocycles. The van der Waals surface area contributed by atoms with Crippen molar-refractivity contribution in [3.05, 3.63) is 51.5 Å². The fourth-order valence-corrected chi connectivity index (χ4v) is 2.28. The third-order valence-electron chi connectivity index (χ3n) is 2.55. The second kappa shape index (κ2) is 8.45. The Morgan fingerprint density at radius 1 is 1.32 bits per heavy atom. The van der Waals surface area contributed by atoms with Gasteiger partial charge in [-0.2, -0.15) is 0 Å². The van der Waals surface area contributed by atoms with Gasteiger partial charge in [-0.15, -0.1) is 12.4 Å². The summed E-state index contributed by atoms with van der Waals surface area (Å²) in [5.41, 5.74) is 1.17. The molecule has 5 heteroatoms. The van der Waals surface area contributed by atoms with E-state index in [1.807, 2.05) is 18.2 Å². The van der Waals surface area contributed by atoms with Crippen molar-refractivity contribution in [2.24, 2.45) is 0 Å². The van der Waals surface area contributed by atoms with E-state index in [1.54, 1.807) is 6.26 Å². The normalized spacial score (nSPS) is 10.0. The molecule has 3 nitrogen and oxygen atoms in total. The maximum Gasteiger partial charge on any atom is 0.122 e. The van der Waals surface area contributed by atoms with Crippen LogP contribution in [0.25, 0.3) is 0 Å². The molecule has 0 unspecified atom stereocenters. The number of benzene rings is 1. The molecular formula is C14H17ClINO2. The minimum Gasteiger partial charge on any atom is -0.492 e. The molecule has 1 aromatic carbocycles. The number of furan rings is 1. The zero-order valence-corrected chi connectivity index (χ0v) is 13.7. The van der Waals surface area contributed by atoms with Gasteiger partial charge in [0.2, 0.25) is 0 Å². The Balaban J connectivity index is 0.00000180. The van der Waals surface area contributed by atoms with Gasteiger partial charge < -0.3 is 14.5 Å². The highest BCUT2D eigenvalue weighted by Crippen LogP contribution is 2.19. The minimum absolute atomic E-state index is 0. The van der Waals surface area contributed by atoms with E-state index in [2.05, 4.69) is 47.0 Å². The molecule has 0 radical (unpaired) electrons. The fourth-order valence-electron chi connectivity index (χ4n) is 1.63. The van der Waals surface area contributed by atoms with Crippen LogP contribution in [-0.2, 0) is 6.54 Å². The number of halogens is 2. The second-order valence-electron chi connectivity index (χ2n) is 4.01. The highest BCUT2D eigenvalue weighted by atomic mass is 127. The van der Waals surface area contributed by atoms with Crippen LogP contribution in [-0.4, -0.2) is 13.2 Å². The quantitative estimate of drug-likeness (QED) is 0.599. The van der Waals surface area contributed by atoms with Crippen molar-refractivity contribution in [3.8, 4) is 5.75 Å². The van der Waals surface area contributed by atoms with Crippen LogP contribution in [0.15, 0.2) is 41.0 Å². The van der Waals surface area contributed by atoms with Gasteiger partial charge >= 0.3 is 0 Å². The SMILES string of the molecule is Cc1cc(I)ccc1OCCNCc1ccco1.Cl. The molecule has 0 aliphatic carbocycles. The molecule has 104 valence electrons. The molecule has 0 bridgehead atoms. The first-order valence-electron chi connectivity index (χ1n) is 5.88. The summed E-state index contributed by atoms with van der Waals surface area (Å²) in [5.74, 6) is 1.90. The Morgan fingerprint density at radius 2 is 2.16 bits per heavy atom. The van der Waals surface area contributed by atoms with Crippen LogP contribution < -0.4 is 10.1 Å². The molecule has 2 aromatic rings. The predicted octanol–water partition coefficient (Wildman–Crippen LogP) is 3.78. The van der Waals surface area contributed by atoms with Gasteiger partial charge in [0.1, 0.15) is 18.1 Å². The summed E-state index contributed by atoms with van der Waals surface area (Å²) in [7, 11) is 0. The van der Waals surface area contributed by atoms with E-state index in [1.165, 1.54) is 9.13 Å². The van der Waals surface area contributed by atoms with E-state index in [-0.39, 0.29) is 12.4 Å². The van der Waals surface area contributed by atoms with Crippen molar-refractivity contribution >= 4 is 35.0 Å². The van der Waals surface area contributed by atoms with Crippen LogP contribution in [0.4, 0.5) is 0 Å². The predicted molar refractivity (Wildman–Crippen MR) is 87.1 cm³/mol. The molecular weight excluding hydrogens is 377 g/mol. The van der Waals surface area contributed by atoms with Crippen molar-refractivity contribution < 1.29 is 9.15 Å². The summed E-state index contributed by atoms with van der Waals surface area (Å²) in [6.45, 7) is 4.25. The largest absolute Gasteiger partial charge is 0.492 e. The Labute approximate surface area is 133 Å². The van der Waals surface area contributed by atoms with Gasteiger partial charge in [0, 0.05) is 10.1 Å². The lowest BCUT2D eigenvalue weighted by atomic mass is 10.2. The maximum atomic E-state index is 5.71. The number of hydrogen-bond donors (Lipinski definition) is 1. The second-order valence-corrected chi connectivity index (χ2v) is 5.26. The van der Waals surface area contributed by atoms with Gasteiger partial charge in [0.25, 0.3) is 0 Å². The van der Waals surface area contributed by atoms with Gasteiger partial charge in [0.15, 0.2) is 0 Å². The molecule has 1 heterocycles. The number of ether oxygens (including phenoxy) is 1. The van der Waals surface area contributed by atoms with E-state index >= 15 is 0 Å². The van der Waals surface area contributed by atoms with Crippen molar-refractivity contribution in [2.45, 2.75) is 13.5 Å². The third-order valence-corrected chi connectivity index (χ3v) is 3.22. The Hall–Kier alpha value is -0.720. The molecule has 2 rings (SSSR count). The number of rotatable bonds is 6. The highest BCUT2D eigenvalue weighted by Gasteiger charge is 2.00. The summed E-state index contributed by atoms with van der Waals surface area (Å²) in [4.78, 5) is 0. The van der Waals surface area contributed by atoms with Gasteiger partial charge in [0.05, 0.1) is 12.8 Å². The lowest BCUT2D eigenvalue weighted by Crippen LogP contribution is -2.20. The van der Waals surface area contributed by atoms with E-state index in [4.69, 9.17) is 9.15 Å². The molecule has 0 saturated carbocycles. The summed E-state index contributed by atoms with van der Waals surface area (Å²) in [5, 5.41) is 3.27. The zero-order valence-electron chi connectivity index (χ0n) is 10.7. The minimum atomic E-state index is 0. The first kappa shape index (κ1) is 16.3. The molecule has 0 atom stereocenters. The molecule has 0 spiro atoms. The summed E-state index contributed by atoms with van der Waals surface area (Å²) in [6, 6.07) is 10.0. The number of aryl methyl sites for hydroxylation is 1. The molecule has 1 N–H and O–H groups in total. The van der Waals surface area contributed by atoms with Crippen LogP contribution in [0.2, 0.25) is 0 Å². The molecule has 0 amide bonds. The smallest absolute Gasteiger partial charge is 0.122 e. The van der Waals surface area contributed by atoms with Crippen LogP contribution in [0.3, 0.4) is 0 Å². The lowest BCUT2D eigenvalue weighted by molar-refractivity contribution is 0.309. The molecule has 19 heavy (non-hydrogen) atoms. The Kier molecular flexibility index (Phi) is 7.27. The van der Waals surface area contributed by atoms with Gasteiger partial charge in [-0.05, 0) is 65.4 Å². The maximum absolute atomic E-state index is 5.71. The molecule has 1 aromatic heterocycles. The van der Waals surface area contributed by atoms with Crippen LogP contribution in [0, 0.1) is 10.5 Å². The Morgan fingerprint density at radius 3 is 2.84 bits per heavy atom. The van der Waals surface area contributed by atoms with Crippen molar-refractivity contribution in [1.29, 1.82) is 0 Å². The van der Waals surface area contributed by atoms with E-state index < -0.39 is 0 Å². The molecule has 0 fully saturated rings. The molecule has 0 aliphatic rings. The highest BCUT2D eigenvalue weighted by molar-refractivity contribution is 14.1. The number of nitrogens with one attached hydrogen (secondary N) is 1. The van der Waals surface area contributed by atoms with E-state index in [0.29, 0.717) is 6.61 Å². The topological polar surface area (TPSA) is 34.4 Å². The molecule has 0 aliphatic heterocycles. The van der Waals surface area contributed by atoms with Crippen molar-refractivity contribution in [3.63, 3.8) is 0 Å². The van der Waals surface area contributed by atoms with Gasteiger partial charge in [-0.1, -0.05) is 0 Å². The monoisotopic (exact) mass is 393 g/mol. The van der Waals surface area contributed by atoms with E-state index in [0.717, 1.165) is 24.6 Å². The van der Waals surface area contributed by atoms with E-state index in [9.17, 15) is 0 Å². The summed E-state index contributed by atoms with van der Waals surface area (Å²) >= 11 is 2.30. The average Bonchev–Trinajstić information content (AvgIpc) is 2.84. The van der Waals surface area contributed by atoms with Gasteiger partial charge in [-0.3, -0.25) is 0 Å². The van der Waals surface area contributed by atoms with Crippen LogP contribution >= 0.6 is 35.0 Å². The van der Waals surface area contributed by atoms with Crippen molar-refractivity contribution in [2.75, 3.05) is 13.2 Å². The van der Waals surface area contributed by atoms with Crippen LogP contribution in [0.1, 0.15) is 11.3 Å². The number of hydrogen-bond acceptors (Lipinski definition) is 3. The van der Waals surface area contributed by atoms with Crippen molar-refractivity contribution in [1.82, 2.24) is 5.32 Å².